The molecule has 68 valence electrons. The molecule has 0 atom stereocenters. The minimum absolute atomic E-state index is 0.208. The van der Waals surface area contributed by atoms with E-state index in [1.165, 1.54) is 0 Å². The fourth-order valence-corrected chi connectivity index (χ4v) is 0.599. The Morgan fingerprint density at radius 2 is 2.00 bits per heavy atom. The normalized spacial score (nSPS) is 8.92. The van der Waals surface area contributed by atoms with Gasteiger partial charge >= 0.3 is 5.97 Å². The lowest BCUT2D eigenvalue weighted by Crippen LogP contribution is -2.04. The molecule has 0 spiro atoms. The van der Waals surface area contributed by atoms with Crippen molar-refractivity contribution in [1.82, 2.24) is 0 Å². The van der Waals surface area contributed by atoms with Crippen molar-refractivity contribution in [3.8, 4) is 0 Å². The van der Waals surface area contributed by atoms with Crippen LogP contribution in [-0.4, -0.2) is 12.6 Å². The predicted octanol–water partition coefficient (Wildman–Crippen LogP) is 2.46. The van der Waals surface area contributed by atoms with Gasteiger partial charge in [-0.2, -0.15) is 0 Å². The van der Waals surface area contributed by atoms with E-state index in [2.05, 4.69) is 6.58 Å². The van der Waals surface area contributed by atoms with Crippen molar-refractivity contribution in [2.75, 3.05) is 6.61 Å². The summed E-state index contributed by atoms with van der Waals surface area (Å²) < 4.78 is 4.89. The molecule has 12 heavy (non-hydrogen) atoms. The van der Waals surface area contributed by atoms with Crippen LogP contribution in [0.25, 0.3) is 0 Å². The molecular weight excluding hydrogens is 152 g/mol. The molecule has 0 saturated carbocycles. The fraction of sp³-hybridized carbons (Fsp3) is 0.500. The highest BCUT2D eigenvalue weighted by atomic mass is 16.5. The molecule has 2 nitrogen and oxygen atoms in total. The molecule has 2 heteroatoms. The highest BCUT2D eigenvalue weighted by Crippen LogP contribution is 1.98. The molecule has 0 unspecified atom stereocenters. The second kappa shape index (κ2) is 5.58. The number of allylic oxidation sites excluding steroid dienone is 1. The largest absolute Gasteiger partial charge is 0.461 e. The van der Waals surface area contributed by atoms with E-state index >= 15 is 0 Å². The summed E-state index contributed by atoms with van der Waals surface area (Å²) in [4.78, 5) is 10.9. The standard InChI is InChI=1S/C10H16O2/c1-8(2)5-6-12-10(11)7-9(3)4/h5H,3,6-7H2,1-2,4H3. The third-order valence-corrected chi connectivity index (χ3v) is 1.18. The van der Waals surface area contributed by atoms with Gasteiger partial charge in [-0.15, -0.1) is 0 Å². The van der Waals surface area contributed by atoms with E-state index in [0.717, 1.165) is 11.1 Å². The number of esters is 1. The lowest BCUT2D eigenvalue weighted by molar-refractivity contribution is -0.141. The third kappa shape index (κ3) is 7.06. The van der Waals surface area contributed by atoms with Gasteiger partial charge in [-0.05, 0) is 26.8 Å². The zero-order valence-corrected chi connectivity index (χ0v) is 8.02. The number of ether oxygens (including phenoxy) is 1. The van der Waals surface area contributed by atoms with E-state index < -0.39 is 0 Å². The van der Waals surface area contributed by atoms with Gasteiger partial charge in [0.1, 0.15) is 6.61 Å². The van der Waals surface area contributed by atoms with E-state index in [9.17, 15) is 4.79 Å². The van der Waals surface area contributed by atoms with Gasteiger partial charge in [-0.25, -0.2) is 0 Å². The average Bonchev–Trinajstić information content (AvgIpc) is 1.84. The van der Waals surface area contributed by atoms with Crippen LogP contribution in [0.1, 0.15) is 27.2 Å². The zero-order chi connectivity index (χ0) is 9.56. The van der Waals surface area contributed by atoms with Crippen molar-refractivity contribution in [2.24, 2.45) is 0 Å². The number of carbonyl (C=O) groups excluding carboxylic acids is 1. The van der Waals surface area contributed by atoms with Gasteiger partial charge in [0, 0.05) is 0 Å². The molecule has 0 aliphatic rings. The first-order valence-corrected chi connectivity index (χ1v) is 3.95. The Morgan fingerprint density at radius 1 is 1.42 bits per heavy atom. The Balaban J connectivity index is 3.58. The molecule has 0 radical (unpaired) electrons. The van der Waals surface area contributed by atoms with Crippen LogP contribution in [0.5, 0.6) is 0 Å². The topological polar surface area (TPSA) is 26.3 Å². The molecular formula is C10H16O2. The first-order valence-electron chi connectivity index (χ1n) is 3.95. The minimum atomic E-state index is -0.208. The highest BCUT2D eigenvalue weighted by Gasteiger charge is 2.00. The molecule has 0 amide bonds. The number of hydrogen-bond acceptors (Lipinski definition) is 2. The van der Waals surface area contributed by atoms with Crippen molar-refractivity contribution in [1.29, 1.82) is 0 Å². The molecule has 0 aromatic carbocycles. The Bertz CT molecular complexity index is 198. The van der Waals surface area contributed by atoms with Crippen LogP contribution in [0.3, 0.4) is 0 Å². The summed E-state index contributed by atoms with van der Waals surface area (Å²) >= 11 is 0. The summed E-state index contributed by atoms with van der Waals surface area (Å²) in [5.74, 6) is -0.208. The minimum Gasteiger partial charge on any atom is -0.461 e. The van der Waals surface area contributed by atoms with E-state index in [4.69, 9.17) is 4.74 Å². The molecule has 0 heterocycles. The molecule has 0 fully saturated rings. The fourth-order valence-electron chi connectivity index (χ4n) is 0.599. The average molecular weight is 168 g/mol. The van der Waals surface area contributed by atoms with Crippen LogP contribution < -0.4 is 0 Å². The Kier molecular flexibility index (Phi) is 5.09. The molecule has 0 aliphatic carbocycles. The zero-order valence-electron chi connectivity index (χ0n) is 8.02. The summed E-state index contributed by atoms with van der Waals surface area (Å²) in [6, 6.07) is 0. The summed E-state index contributed by atoms with van der Waals surface area (Å²) in [5, 5.41) is 0. The van der Waals surface area contributed by atoms with E-state index in [1.807, 2.05) is 26.8 Å². The van der Waals surface area contributed by atoms with E-state index in [0.29, 0.717) is 13.0 Å². The Hall–Kier alpha value is -1.05. The first kappa shape index (κ1) is 11.0. The number of hydrogen-bond donors (Lipinski definition) is 0. The van der Waals surface area contributed by atoms with Crippen LogP contribution in [0.2, 0.25) is 0 Å². The number of carbonyl (C=O) groups is 1. The van der Waals surface area contributed by atoms with Crippen molar-refractivity contribution in [2.45, 2.75) is 27.2 Å². The van der Waals surface area contributed by atoms with Gasteiger partial charge in [-0.1, -0.05) is 17.7 Å². The molecule has 0 aromatic rings. The van der Waals surface area contributed by atoms with Gasteiger partial charge in [-0.3, -0.25) is 4.79 Å². The molecule has 0 rings (SSSR count). The van der Waals surface area contributed by atoms with Crippen LogP contribution in [0, 0.1) is 0 Å². The quantitative estimate of drug-likeness (QED) is 0.476. The van der Waals surface area contributed by atoms with Crippen molar-refractivity contribution < 1.29 is 9.53 Å². The predicted molar refractivity (Wildman–Crippen MR) is 49.8 cm³/mol. The summed E-state index contributed by atoms with van der Waals surface area (Å²) in [6.07, 6.45) is 2.19. The number of rotatable bonds is 4. The summed E-state index contributed by atoms with van der Waals surface area (Å²) in [7, 11) is 0. The van der Waals surface area contributed by atoms with Crippen molar-refractivity contribution in [3.63, 3.8) is 0 Å². The maximum absolute atomic E-state index is 10.9. The van der Waals surface area contributed by atoms with Crippen LogP contribution >= 0.6 is 0 Å². The van der Waals surface area contributed by atoms with Crippen LogP contribution in [-0.2, 0) is 9.53 Å². The van der Waals surface area contributed by atoms with Crippen LogP contribution in [0.4, 0.5) is 0 Å². The molecule has 0 saturated heterocycles. The first-order chi connectivity index (χ1) is 5.52. The summed E-state index contributed by atoms with van der Waals surface area (Å²) in [5.41, 5.74) is 1.98. The summed E-state index contributed by atoms with van der Waals surface area (Å²) in [6.45, 7) is 9.73. The maximum Gasteiger partial charge on any atom is 0.310 e. The lowest BCUT2D eigenvalue weighted by Gasteiger charge is -2.00. The van der Waals surface area contributed by atoms with Crippen molar-refractivity contribution in [3.05, 3.63) is 23.8 Å². The monoisotopic (exact) mass is 168 g/mol. The molecule has 0 bridgehead atoms. The second-order valence-corrected chi connectivity index (χ2v) is 3.10. The Labute approximate surface area is 73.9 Å². The third-order valence-electron chi connectivity index (χ3n) is 1.18. The molecule has 0 N–H and O–H groups in total. The van der Waals surface area contributed by atoms with Gasteiger partial charge < -0.3 is 4.74 Å². The van der Waals surface area contributed by atoms with Gasteiger partial charge in [0.2, 0.25) is 0 Å². The highest BCUT2D eigenvalue weighted by molar-refractivity contribution is 5.72. The smallest absolute Gasteiger partial charge is 0.310 e. The SMILES string of the molecule is C=C(C)CC(=O)OCC=C(C)C. The van der Waals surface area contributed by atoms with E-state index in [1.54, 1.807) is 0 Å². The van der Waals surface area contributed by atoms with Gasteiger partial charge in [0.05, 0.1) is 6.42 Å². The van der Waals surface area contributed by atoms with Gasteiger partial charge in [0.15, 0.2) is 0 Å². The lowest BCUT2D eigenvalue weighted by atomic mass is 10.2. The van der Waals surface area contributed by atoms with E-state index in [-0.39, 0.29) is 5.97 Å². The van der Waals surface area contributed by atoms with Gasteiger partial charge in [0.25, 0.3) is 0 Å². The second-order valence-electron chi connectivity index (χ2n) is 3.10. The van der Waals surface area contributed by atoms with Crippen molar-refractivity contribution >= 4 is 5.97 Å². The van der Waals surface area contributed by atoms with Crippen LogP contribution in [0.15, 0.2) is 23.8 Å². The Morgan fingerprint density at radius 3 is 2.42 bits per heavy atom. The molecule has 0 aliphatic heterocycles. The maximum atomic E-state index is 10.9. The molecule has 0 aromatic heterocycles.